The number of rotatable bonds is 9. The fourth-order valence-corrected chi connectivity index (χ4v) is 4.47. The Morgan fingerprint density at radius 1 is 1.21 bits per heavy atom. The molecule has 2 fully saturated rings. The van der Waals surface area contributed by atoms with Crippen molar-refractivity contribution in [3.05, 3.63) is 41.3 Å². The normalized spacial score (nSPS) is 16.9. The maximum Gasteiger partial charge on any atom is 0.261 e. The van der Waals surface area contributed by atoms with Crippen molar-refractivity contribution >= 4 is 22.2 Å². The minimum absolute atomic E-state index is 0.00360. The van der Waals surface area contributed by atoms with Gasteiger partial charge in [0.25, 0.3) is 5.91 Å². The number of hydrogen-bond acceptors (Lipinski definition) is 5. The van der Waals surface area contributed by atoms with Gasteiger partial charge in [0.1, 0.15) is 0 Å². The van der Waals surface area contributed by atoms with E-state index < -0.39 is 0 Å². The molecular formula is C22H28N2O3S. The Bertz CT molecular complexity index is 767. The first-order valence-corrected chi connectivity index (χ1v) is 11.0. The molecule has 2 aromatic rings. The molecule has 4 rings (SSSR count). The van der Waals surface area contributed by atoms with Crippen LogP contribution in [0.4, 0.5) is 5.00 Å². The van der Waals surface area contributed by atoms with Crippen LogP contribution in [0, 0.1) is 5.92 Å². The van der Waals surface area contributed by atoms with Crippen molar-refractivity contribution < 1.29 is 14.3 Å². The van der Waals surface area contributed by atoms with Crippen LogP contribution < -0.4 is 10.2 Å². The predicted molar refractivity (Wildman–Crippen MR) is 113 cm³/mol. The van der Waals surface area contributed by atoms with E-state index in [1.807, 2.05) is 24.3 Å². The summed E-state index contributed by atoms with van der Waals surface area (Å²) in [5.74, 6) is 0.791. The third-order valence-corrected chi connectivity index (χ3v) is 6.32. The maximum atomic E-state index is 12.7. The van der Waals surface area contributed by atoms with Gasteiger partial charge >= 0.3 is 0 Å². The van der Waals surface area contributed by atoms with Gasteiger partial charge in [-0.3, -0.25) is 4.79 Å². The SMILES string of the molecule is O=C(NCCCOCC1CC1)c1cc(-c2ccccc2)c(N2CCOCC2)s1. The van der Waals surface area contributed by atoms with Crippen LogP contribution in [0.25, 0.3) is 11.1 Å². The molecule has 1 aliphatic carbocycles. The van der Waals surface area contributed by atoms with Crippen LogP contribution in [0.1, 0.15) is 28.9 Å². The van der Waals surface area contributed by atoms with Gasteiger partial charge in [-0.05, 0) is 36.8 Å². The van der Waals surface area contributed by atoms with Gasteiger partial charge in [-0.25, -0.2) is 0 Å². The van der Waals surface area contributed by atoms with Crippen LogP contribution in [0.3, 0.4) is 0 Å². The Balaban J connectivity index is 1.39. The van der Waals surface area contributed by atoms with Crippen molar-refractivity contribution in [1.29, 1.82) is 0 Å². The van der Waals surface area contributed by atoms with E-state index in [0.29, 0.717) is 6.54 Å². The summed E-state index contributed by atoms with van der Waals surface area (Å²) < 4.78 is 11.1. The Labute approximate surface area is 170 Å². The zero-order valence-corrected chi connectivity index (χ0v) is 17.0. The smallest absolute Gasteiger partial charge is 0.261 e. The Morgan fingerprint density at radius 3 is 2.75 bits per heavy atom. The van der Waals surface area contributed by atoms with E-state index in [9.17, 15) is 4.79 Å². The van der Waals surface area contributed by atoms with Crippen LogP contribution in [0.5, 0.6) is 0 Å². The maximum absolute atomic E-state index is 12.7. The van der Waals surface area contributed by atoms with Crippen molar-refractivity contribution in [2.24, 2.45) is 5.92 Å². The molecule has 0 spiro atoms. The van der Waals surface area contributed by atoms with Crippen molar-refractivity contribution in [2.45, 2.75) is 19.3 Å². The summed E-state index contributed by atoms with van der Waals surface area (Å²) in [6.07, 6.45) is 3.47. The van der Waals surface area contributed by atoms with Gasteiger partial charge in [-0.15, -0.1) is 11.3 Å². The first-order valence-electron chi connectivity index (χ1n) is 10.2. The van der Waals surface area contributed by atoms with Gasteiger partial charge in [0.15, 0.2) is 0 Å². The molecule has 150 valence electrons. The topological polar surface area (TPSA) is 50.8 Å². The molecule has 6 heteroatoms. The third kappa shape index (κ3) is 5.13. The summed E-state index contributed by atoms with van der Waals surface area (Å²) in [5, 5.41) is 4.21. The lowest BCUT2D eigenvalue weighted by Crippen LogP contribution is -2.35. The summed E-state index contributed by atoms with van der Waals surface area (Å²) in [6.45, 7) is 5.43. The zero-order chi connectivity index (χ0) is 19.2. The number of nitrogens with one attached hydrogen (secondary N) is 1. The second kappa shape index (κ2) is 9.54. The first kappa shape index (κ1) is 19.4. The van der Waals surface area contributed by atoms with Crippen LogP contribution in [0.2, 0.25) is 0 Å². The molecular weight excluding hydrogens is 372 g/mol. The number of carbonyl (C=O) groups is 1. The molecule has 2 heterocycles. The lowest BCUT2D eigenvalue weighted by molar-refractivity contribution is 0.0941. The summed E-state index contributed by atoms with van der Waals surface area (Å²) in [7, 11) is 0. The van der Waals surface area contributed by atoms with E-state index in [2.05, 4.69) is 22.3 Å². The third-order valence-electron chi connectivity index (χ3n) is 5.12. The van der Waals surface area contributed by atoms with E-state index in [1.54, 1.807) is 11.3 Å². The minimum Gasteiger partial charge on any atom is -0.381 e. The molecule has 1 aromatic heterocycles. The number of anilines is 1. The lowest BCUT2D eigenvalue weighted by Gasteiger charge is -2.28. The number of thiophene rings is 1. The molecule has 0 atom stereocenters. The molecule has 1 amide bonds. The fraction of sp³-hybridized carbons (Fsp3) is 0.500. The van der Waals surface area contributed by atoms with Crippen molar-refractivity contribution in [3.8, 4) is 11.1 Å². The van der Waals surface area contributed by atoms with Gasteiger partial charge in [0.05, 0.1) is 23.1 Å². The number of ether oxygens (including phenoxy) is 2. The van der Waals surface area contributed by atoms with E-state index in [1.165, 1.54) is 12.8 Å². The van der Waals surface area contributed by atoms with E-state index in [0.717, 1.165) is 72.9 Å². The first-order chi connectivity index (χ1) is 13.8. The average molecular weight is 401 g/mol. The lowest BCUT2D eigenvalue weighted by atomic mass is 10.1. The minimum atomic E-state index is 0.00360. The molecule has 1 saturated heterocycles. The summed E-state index contributed by atoms with van der Waals surface area (Å²) in [4.78, 5) is 15.8. The van der Waals surface area contributed by atoms with Crippen molar-refractivity contribution in [2.75, 3.05) is 51.0 Å². The number of nitrogens with zero attached hydrogens (tertiary/aromatic N) is 1. The highest BCUT2D eigenvalue weighted by Gasteiger charge is 2.22. The number of amides is 1. The van der Waals surface area contributed by atoms with E-state index in [-0.39, 0.29) is 5.91 Å². The summed E-state index contributed by atoms with van der Waals surface area (Å²) in [5.41, 5.74) is 2.28. The number of hydrogen-bond donors (Lipinski definition) is 1. The van der Waals surface area contributed by atoms with E-state index >= 15 is 0 Å². The Kier molecular flexibility index (Phi) is 6.62. The number of benzene rings is 1. The molecule has 5 nitrogen and oxygen atoms in total. The van der Waals surface area contributed by atoms with Crippen LogP contribution >= 0.6 is 11.3 Å². The Hall–Kier alpha value is -1.89. The molecule has 0 unspecified atom stereocenters. The van der Waals surface area contributed by atoms with Gasteiger partial charge in [-0.2, -0.15) is 0 Å². The van der Waals surface area contributed by atoms with Crippen molar-refractivity contribution in [3.63, 3.8) is 0 Å². The van der Waals surface area contributed by atoms with Crippen LogP contribution in [-0.2, 0) is 9.47 Å². The van der Waals surface area contributed by atoms with Gasteiger partial charge in [0.2, 0.25) is 0 Å². The quantitative estimate of drug-likeness (QED) is 0.651. The Morgan fingerprint density at radius 2 is 2.00 bits per heavy atom. The van der Waals surface area contributed by atoms with Crippen molar-refractivity contribution in [1.82, 2.24) is 5.32 Å². The van der Waals surface area contributed by atoms with Crippen LogP contribution in [0.15, 0.2) is 36.4 Å². The number of morpholine rings is 1. The molecule has 0 bridgehead atoms. The molecule has 28 heavy (non-hydrogen) atoms. The highest BCUT2D eigenvalue weighted by Crippen LogP contribution is 2.39. The second-order valence-electron chi connectivity index (χ2n) is 7.42. The molecule has 1 aromatic carbocycles. The standard InChI is InChI=1S/C22H28N2O3S/c25-21(23-9-4-12-27-16-17-7-8-17)20-15-19(18-5-2-1-3-6-18)22(28-20)24-10-13-26-14-11-24/h1-3,5-6,15,17H,4,7-14,16H2,(H,23,25). The van der Waals surface area contributed by atoms with Gasteiger partial charge in [0, 0.05) is 38.4 Å². The van der Waals surface area contributed by atoms with Crippen LogP contribution in [-0.4, -0.2) is 52.0 Å². The average Bonchev–Trinajstić information content (AvgIpc) is 3.46. The summed E-state index contributed by atoms with van der Waals surface area (Å²) in [6, 6.07) is 12.3. The molecule has 1 N–H and O–H groups in total. The molecule has 0 radical (unpaired) electrons. The summed E-state index contributed by atoms with van der Waals surface area (Å²) >= 11 is 1.58. The highest BCUT2D eigenvalue weighted by atomic mass is 32.1. The molecule has 1 saturated carbocycles. The monoisotopic (exact) mass is 400 g/mol. The predicted octanol–water partition coefficient (Wildman–Crippen LogP) is 3.80. The molecule has 1 aliphatic heterocycles. The van der Waals surface area contributed by atoms with Gasteiger partial charge < -0.3 is 19.7 Å². The number of carbonyl (C=O) groups excluding carboxylic acids is 1. The zero-order valence-electron chi connectivity index (χ0n) is 16.2. The largest absolute Gasteiger partial charge is 0.381 e. The van der Waals surface area contributed by atoms with Gasteiger partial charge in [-0.1, -0.05) is 30.3 Å². The second-order valence-corrected chi connectivity index (χ2v) is 8.45. The molecule has 2 aliphatic rings. The van der Waals surface area contributed by atoms with E-state index in [4.69, 9.17) is 9.47 Å². The highest BCUT2D eigenvalue weighted by molar-refractivity contribution is 7.18. The fourth-order valence-electron chi connectivity index (χ4n) is 3.32.